The molecule has 0 bridgehead atoms. The van der Waals surface area contributed by atoms with Crippen LogP contribution in [0.5, 0.6) is 0 Å². The van der Waals surface area contributed by atoms with Crippen LogP contribution in [0.3, 0.4) is 0 Å². The molecule has 5 nitrogen and oxygen atoms in total. The number of carbonyl (C=O) groups is 2. The van der Waals surface area contributed by atoms with E-state index in [0.29, 0.717) is 47.7 Å². The summed E-state index contributed by atoms with van der Waals surface area (Å²) in [5, 5.41) is 1.94. The summed E-state index contributed by atoms with van der Waals surface area (Å²) in [6, 6.07) is 5.43. The van der Waals surface area contributed by atoms with E-state index in [0.717, 1.165) is 22.9 Å². The highest BCUT2D eigenvalue weighted by Gasteiger charge is 2.32. The average molecular weight is 413 g/mol. The van der Waals surface area contributed by atoms with Crippen molar-refractivity contribution in [3.05, 3.63) is 33.1 Å². The largest absolute Gasteiger partial charge is 0.368 e. The number of halogens is 2. The van der Waals surface area contributed by atoms with Crippen molar-refractivity contribution in [1.82, 2.24) is 9.80 Å². The van der Waals surface area contributed by atoms with Crippen LogP contribution in [0.1, 0.15) is 22.5 Å². The monoisotopic (exact) mass is 412 g/mol. The number of hydrogen-bond donors (Lipinski definition) is 0. The number of piperazine rings is 1. The normalized spacial score (nSPS) is 20.8. The van der Waals surface area contributed by atoms with Crippen LogP contribution >= 0.6 is 34.5 Å². The molecule has 2 saturated heterocycles. The molecule has 138 valence electrons. The Kier molecular flexibility index (Phi) is 5.10. The van der Waals surface area contributed by atoms with Gasteiger partial charge >= 0.3 is 0 Å². The summed E-state index contributed by atoms with van der Waals surface area (Å²) in [4.78, 5) is 29.4. The maximum atomic E-state index is 12.9. The molecule has 2 aliphatic heterocycles. The highest BCUT2D eigenvalue weighted by atomic mass is 35.5. The van der Waals surface area contributed by atoms with Crippen LogP contribution in [0.25, 0.3) is 10.1 Å². The summed E-state index contributed by atoms with van der Waals surface area (Å²) >= 11 is 13.8. The number of fused-ring (bicyclic) bond motifs is 1. The molecule has 0 unspecified atom stereocenters. The second-order valence-electron chi connectivity index (χ2n) is 6.50. The topological polar surface area (TPSA) is 49.9 Å². The van der Waals surface area contributed by atoms with Crippen molar-refractivity contribution in [2.24, 2.45) is 0 Å². The number of hydrogen-bond acceptors (Lipinski definition) is 4. The maximum Gasteiger partial charge on any atom is 0.265 e. The van der Waals surface area contributed by atoms with Gasteiger partial charge in [-0.05, 0) is 25.0 Å². The van der Waals surface area contributed by atoms with Gasteiger partial charge in [0.1, 0.15) is 11.0 Å². The van der Waals surface area contributed by atoms with E-state index in [-0.39, 0.29) is 17.9 Å². The summed E-state index contributed by atoms with van der Waals surface area (Å²) in [5.41, 5.74) is 0. The Morgan fingerprint density at radius 1 is 1.12 bits per heavy atom. The molecule has 8 heteroatoms. The summed E-state index contributed by atoms with van der Waals surface area (Å²) < 4.78 is 6.37. The third-order valence-corrected chi connectivity index (χ3v) is 6.75. The van der Waals surface area contributed by atoms with Crippen LogP contribution in [0, 0.1) is 0 Å². The molecule has 2 amide bonds. The zero-order chi connectivity index (χ0) is 18.3. The van der Waals surface area contributed by atoms with Gasteiger partial charge in [-0.15, -0.1) is 11.3 Å². The van der Waals surface area contributed by atoms with E-state index in [1.54, 1.807) is 15.9 Å². The van der Waals surface area contributed by atoms with Crippen molar-refractivity contribution in [1.29, 1.82) is 0 Å². The highest BCUT2D eigenvalue weighted by molar-refractivity contribution is 7.21. The molecule has 4 rings (SSSR count). The van der Waals surface area contributed by atoms with Crippen molar-refractivity contribution >= 4 is 56.4 Å². The third kappa shape index (κ3) is 3.31. The summed E-state index contributed by atoms with van der Waals surface area (Å²) in [5.74, 6) is -0.0410. The minimum atomic E-state index is -0.306. The van der Waals surface area contributed by atoms with E-state index in [4.69, 9.17) is 27.9 Å². The van der Waals surface area contributed by atoms with E-state index in [1.165, 1.54) is 11.3 Å². The first-order valence-electron chi connectivity index (χ1n) is 8.62. The Bertz CT molecular complexity index is 855. The third-order valence-electron chi connectivity index (χ3n) is 4.87. The van der Waals surface area contributed by atoms with Gasteiger partial charge in [0, 0.05) is 47.9 Å². The molecule has 0 spiro atoms. The number of nitrogens with zero attached hydrogens (tertiary/aromatic N) is 2. The zero-order valence-corrected chi connectivity index (χ0v) is 16.4. The van der Waals surface area contributed by atoms with Crippen molar-refractivity contribution in [3.63, 3.8) is 0 Å². The first kappa shape index (κ1) is 18.0. The SMILES string of the molecule is O=C(c1sc2cc(Cl)ccc2c1Cl)N1CCN(C(=O)[C@@H]2CCCO2)CC1. The number of carbonyl (C=O) groups excluding carboxylic acids is 2. The lowest BCUT2D eigenvalue weighted by molar-refractivity contribution is -0.142. The van der Waals surface area contributed by atoms with Crippen LogP contribution in [0.2, 0.25) is 10.0 Å². The van der Waals surface area contributed by atoms with Crippen LogP contribution in [-0.4, -0.2) is 60.5 Å². The number of benzene rings is 1. The highest BCUT2D eigenvalue weighted by Crippen LogP contribution is 2.37. The second-order valence-corrected chi connectivity index (χ2v) is 8.37. The van der Waals surface area contributed by atoms with Gasteiger partial charge in [-0.3, -0.25) is 9.59 Å². The van der Waals surface area contributed by atoms with Gasteiger partial charge in [0.15, 0.2) is 0 Å². The van der Waals surface area contributed by atoms with Gasteiger partial charge in [-0.25, -0.2) is 0 Å². The molecule has 1 aromatic carbocycles. The Labute approximate surface area is 165 Å². The van der Waals surface area contributed by atoms with Gasteiger partial charge in [0.05, 0.1) is 5.02 Å². The number of thiophene rings is 1. The van der Waals surface area contributed by atoms with Crippen molar-refractivity contribution in [2.75, 3.05) is 32.8 Å². The Morgan fingerprint density at radius 2 is 1.85 bits per heavy atom. The quantitative estimate of drug-likeness (QED) is 0.755. The van der Waals surface area contributed by atoms with Crippen molar-refractivity contribution in [2.45, 2.75) is 18.9 Å². The molecule has 0 N–H and O–H groups in total. The zero-order valence-electron chi connectivity index (χ0n) is 14.0. The number of ether oxygens (including phenoxy) is 1. The van der Waals surface area contributed by atoms with Crippen LogP contribution in [0.4, 0.5) is 0 Å². The molecule has 2 fully saturated rings. The van der Waals surface area contributed by atoms with Gasteiger partial charge in [0.2, 0.25) is 0 Å². The molecule has 3 heterocycles. The molecule has 1 atom stereocenters. The molecule has 0 radical (unpaired) electrons. The fourth-order valence-electron chi connectivity index (χ4n) is 3.43. The number of rotatable bonds is 2. The standard InChI is InChI=1S/C18H18Cl2N2O3S/c19-11-3-4-12-14(10-11)26-16(15(12)20)18(24)22-7-5-21(6-8-22)17(23)13-2-1-9-25-13/h3-4,10,13H,1-2,5-9H2/t13-/m0/s1. The predicted molar refractivity (Wildman–Crippen MR) is 103 cm³/mol. The lowest BCUT2D eigenvalue weighted by atomic mass is 10.2. The van der Waals surface area contributed by atoms with E-state index in [1.807, 2.05) is 12.1 Å². The molecular formula is C18H18Cl2N2O3S. The molecule has 1 aromatic heterocycles. The van der Waals surface area contributed by atoms with Crippen LogP contribution in [0.15, 0.2) is 18.2 Å². The Balaban J connectivity index is 1.45. The summed E-state index contributed by atoms with van der Waals surface area (Å²) in [6.07, 6.45) is 1.42. The summed E-state index contributed by atoms with van der Waals surface area (Å²) in [7, 11) is 0. The summed E-state index contributed by atoms with van der Waals surface area (Å²) in [6.45, 7) is 2.71. The van der Waals surface area contributed by atoms with Crippen LogP contribution < -0.4 is 0 Å². The van der Waals surface area contributed by atoms with E-state index < -0.39 is 0 Å². The lowest BCUT2D eigenvalue weighted by Crippen LogP contribution is -2.52. The first-order valence-corrected chi connectivity index (χ1v) is 10.2. The van der Waals surface area contributed by atoms with Gasteiger partial charge in [-0.2, -0.15) is 0 Å². The van der Waals surface area contributed by atoms with Gasteiger partial charge in [0.25, 0.3) is 11.8 Å². The molecular weight excluding hydrogens is 395 g/mol. The smallest absolute Gasteiger partial charge is 0.265 e. The Morgan fingerprint density at radius 3 is 2.54 bits per heavy atom. The minimum absolute atomic E-state index is 0.0455. The molecule has 2 aliphatic rings. The van der Waals surface area contributed by atoms with Gasteiger partial charge < -0.3 is 14.5 Å². The minimum Gasteiger partial charge on any atom is -0.368 e. The van der Waals surface area contributed by atoms with Gasteiger partial charge in [-0.1, -0.05) is 29.3 Å². The molecule has 26 heavy (non-hydrogen) atoms. The number of amides is 2. The van der Waals surface area contributed by atoms with E-state index in [9.17, 15) is 9.59 Å². The Hall–Kier alpha value is -1.34. The van der Waals surface area contributed by atoms with Crippen molar-refractivity contribution in [3.8, 4) is 0 Å². The first-order chi connectivity index (χ1) is 12.5. The predicted octanol–water partition coefficient (Wildman–Crippen LogP) is 3.67. The molecule has 2 aromatic rings. The molecule has 0 saturated carbocycles. The average Bonchev–Trinajstić information content (AvgIpc) is 3.29. The van der Waals surface area contributed by atoms with Crippen LogP contribution in [-0.2, 0) is 9.53 Å². The maximum absolute atomic E-state index is 12.9. The molecule has 0 aliphatic carbocycles. The van der Waals surface area contributed by atoms with E-state index >= 15 is 0 Å². The lowest BCUT2D eigenvalue weighted by Gasteiger charge is -2.35. The second kappa shape index (κ2) is 7.35. The van der Waals surface area contributed by atoms with E-state index in [2.05, 4.69) is 0 Å². The fourth-order valence-corrected chi connectivity index (χ4v) is 5.18. The van der Waals surface area contributed by atoms with Crippen molar-refractivity contribution < 1.29 is 14.3 Å². The fraction of sp³-hybridized carbons (Fsp3) is 0.444.